The molecule has 7 aromatic rings. The van der Waals surface area contributed by atoms with Crippen molar-refractivity contribution < 1.29 is 38.2 Å². The second-order valence-electron chi connectivity index (χ2n) is 11.8. The van der Waals surface area contributed by atoms with Crippen molar-refractivity contribution in [3.63, 3.8) is 0 Å². The number of aryl methyl sites for hydroxylation is 4. The van der Waals surface area contributed by atoms with Crippen LogP contribution in [0, 0.1) is 31.3 Å². The third-order valence-electron chi connectivity index (χ3n) is 7.03. The summed E-state index contributed by atoms with van der Waals surface area (Å²) in [6.45, 7) is 1.09. The molecule has 0 atom stereocenters. The molecule has 4 nitrogen and oxygen atoms in total. The van der Waals surface area contributed by atoms with Gasteiger partial charge in [0.05, 0.1) is 5.58 Å². The summed E-state index contributed by atoms with van der Waals surface area (Å²) >= 11 is 0. The molecule has 0 spiro atoms. The fraction of sp³-hybridized carbons (Fsp3) is 0.214. The van der Waals surface area contributed by atoms with Crippen LogP contribution in [0.15, 0.2) is 114 Å². The third-order valence-corrected chi connectivity index (χ3v) is 7.03. The molecule has 1 radical (unpaired) electrons. The second kappa shape index (κ2) is 15.0. The summed E-state index contributed by atoms with van der Waals surface area (Å²) in [4.78, 5) is 12.8. The van der Waals surface area contributed by atoms with Gasteiger partial charge in [0.25, 0.3) is 0 Å². The zero-order valence-electron chi connectivity index (χ0n) is 36.2. The Morgan fingerprint density at radius 1 is 0.787 bits per heavy atom. The standard InChI is InChI=1S/C30H29N2O.C12H10N.Ir/c1-20-8-15-25-24-6-5-7-26(28(24)33-29(25)32-20)27-18-22(16-17-31-27)12-9-21-10-13-23(14-11-21)19-30(2,3)4;1-10-7-8-12(13-9-10)11-5-3-2-4-6-11;/h5-6,8,10-11,13-18H,9,12,19H2,1-4H3;2-5,7-9H,1H3;/q2*-1;/i1D3,9D2,19D2;1D3;. The number of hydrogen-bond donors (Lipinski definition) is 0. The number of hydrogen-bond acceptors (Lipinski definition) is 4. The van der Waals surface area contributed by atoms with Gasteiger partial charge in [0, 0.05) is 57.3 Å². The molecule has 0 N–H and O–H groups in total. The molecule has 4 aromatic heterocycles. The smallest absolute Gasteiger partial charge is 0.216 e. The van der Waals surface area contributed by atoms with E-state index in [0.717, 1.165) is 16.6 Å². The Morgan fingerprint density at radius 2 is 1.64 bits per heavy atom. The zero-order valence-corrected chi connectivity index (χ0v) is 28.6. The summed E-state index contributed by atoms with van der Waals surface area (Å²) in [5.41, 5.74) is 4.70. The maximum absolute atomic E-state index is 8.78. The van der Waals surface area contributed by atoms with Crippen LogP contribution < -0.4 is 0 Å². The van der Waals surface area contributed by atoms with Crippen molar-refractivity contribution >= 4 is 22.1 Å². The average Bonchev–Trinajstić information content (AvgIpc) is 3.53. The van der Waals surface area contributed by atoms with Crippen LogP contribution in [0.5, 0.6) is 0 Å². The van der Waals surface area contributed by atoms with Gasteiger partial charge in [-0.1, -0.05) is 79.7 Å². The molecular formula is C42H39IrN3O-2. The Morgan fingerprint density at radius 3 is 2.36 bits per heavy atom. The van der Waals surface area contributed by atoms with E-state index in [-0.39, 0.29) is 43.5 Å². The van der Waals surface area contributed by atoms with Crippen LogP contribution in [0.25, 0.3) is 44.6 Å². The van der Waals surface area contributed by atoms with Crippen molar-refractivity contribution in [3.8, 4) is 22.5 Å². The Kier molecular flexibility index (Phi) is 7.32. The Balaban J connectivity index is 0.000000305. The molecular weight excluding hydrogens is 755 g/mol. The number of aromatic nitrogens is 3. The molecule has 0 bridgehead atoms. The van der Waals surface area contributed by atoms with Crippen molar-refractivity contribution in [2.24, 2.45) is 5.41 Å². The maximum atomic E-state index is 8.78. The van der Waals surface area contributed by atoms with Gasteiger partial charge in [-0.3, -0.25) is 0 Å². The maximum Gasteiger partial charge on any atom is 0.216 e. The topological polar surface area (TPSA) is 51.8 Å². The van der Waals surface area contributed by atoms with Crippen LogP contribution in [0.1, 0.15) is 62.4 Å². The van der Waals surface area contributed by atoms with Crippen molar-refractivity contribution in [2.75, 3.05) is 0 Å². The molecule has 4 heterocycles. The molecule has 239 valence electrons. The Bertz CT molecular complexity index is 2460. The first-order valence-electron chi connectivity index (χ1n) is 19.9. The summed E-state index contributed by atoms with van der Waals surface area (Å²) in [6.07, 6.45) is -0.189. The molecule has 0 aliphatic rings. The molecule has 0 fully saturated rings. The largest absolute Gasteiger partial charge is 0.486 e. The first kappa shape index (κ1) is 23.0. The van der Waals surface area contributed by atoms with Gasteiger partial charge in [0.2, 0.25) is 5.71 Å². The summed E-state index contributed by atoms with van der Waals surface area (Å²) in [6, 6.07) is 33.9. The van der Waals surface area contributed by atoms with Gasteiger partial charge in [0.1, 0.15) is 0 Å². The van der Waals surface area contributed by atoms with E-state index in [0.29, 0.717) is 38.9 Å². The van der Waals surface area contributed by atoms with E-state index in [4.69, 9.17) is 18.1 Å². The van der Waals surface area contributed by atoms with E-state index < -0.39 is 31.9 Å². The van der Waals surface area contributed by atoms with Gasteiger partial charge in [-0.05, 0) is 84.6 Å². The summed E-state index contributed by atoms with van der Waals surface area (Å²) < 4.78 is 85.2. The quantitative estimate of drug-likeness (QED) is 0.157. The molecule has 0 aliphatic heterocycles. The Labute approximate surface area is 305 Å². The minimum atomic E-state index is -2.35. The number of furan rings is 1. The molecule has 0 unspecified atom stereocenters. The van der Waals surface area contributed by atoms with Crippen LogP contribution in [-0.4, -0.2) is 15.0 Å². The Hall–Kier alpha value is -4.44. The van der Waals surface area contributed by atoms with Crippen LogP contribution in [-0.2, 0) is 39.3 Å². The molecule has 7 rings (SSSR count). The van der Waals surface area contributed by atoms with Gasteiger partial charge in [0.15, 0.2) is 0 Å². The molecule has 0 amide bonds. The minimum Gasteiger partial charge on any atom is -0.486 e. The van der Waals surface area contributed by atoms with Gasteiger partial charge in [-0.15, -0.1) is 54.1 Å². The van der Waals surface area contributed by atoms with Gasteiger partial charge in [-0.25, -0.2) is 4.98 Å². The molecule has 0 saturated carbocycles. The number of fused-ring (bicyclic) bond motifs is 3. The summed E-state index contributed by atoms with van der Waals surface area (Å²) in [7, 11) is 0. The van der Waals surface area contributed by atoms with Crippen molar-refractivity contribution in [3.05, 3.63) is 150 Å². The molecule has 47 heavy (non-hydrogen) atoms. The minimum absolute atomic E-state index is 0. The van der Waals surface area contributed by atoms with E-state index >= 15 is 0 Å². The van der Waals surface area contributed by atoms with E-state index in [1.807, 2.05) is 45.0 Å². The van der Waals surface area contributed by atoms with Gasteiger partial charge in [-0.2, -0.15) is 0 Å². The fourth-order valence-electron chi connectivity index (χ4n) is 4.95. The predicted octanol–water partition coefficient (Wildman–Crippen LogP) is 10.4. The van der Waals surface area contributed by atoms with E-state index in [1.165, 1.54) is 12.3 Å². The summed E-state index contributed by atoms with van der Waals surface area (Å²) in [5, 5.41) is 1.44. The van der Waals surface area contributed by atoms with Crippen LogP contribution in [0.4, 0.5) is 0 Å². The number of pyridine rings is 3. The monoisotopic (exact) mass is 804 g/mol. The number of rotatable bonds is 6. The predicted molar refractivity (Wildman–Crippen MR) is 189 cm³/mol. The molecule has 0 aliphatic carbocycles. The van der Waals surface area contributed by atoms with Crippen molar-refractivity contribution in [2.45, 2.75) is 53.6 Å². The zero-order chi connectivity index (χ0) is 40.7. The van der Waals surface area contributed by atoms with Gasteiger partial charge < -0.3 is 14.4 Å². The fourth-order valence-corrected chi connectivity index (χ4v) is 4.95. The van der Waals surface area contributed by atoms with Crippen LogP contribution in [0.2, 0.25) is 0 Å². The summed E-state index contributed by atoms with van der Waals surface area (Å²) in [5.74, 6) is 0. The van der Waals surface area contributed by atoms with Gasteiger partial charge >= 0.3 is 0 Å². The number of benzene rings is 3. The molecule has 5 heteroatoms. The van der Waals surface area contributed by atoms with E-state index in [2.05, 4.69) is 27.1 Å². The SMILES string of the molecule is [2H]C([2H])([2H])c1ccc(-c2[c-]cccc2)nc1.[2H]C([2H])([2H])c1ccc2c(n1)oc1c(-c3cc(CC([2H])([2H])c4ccc(C([2H])([2H])C(C)(C)C)cc4)ccn3)[c-]ccc12.[Ir]. The van der Waals surface area contributed by atoms with Crippen molar-refractivity contribution in [1.29, 1.82) is 0 Å². The first-order valence-corrected chi connectivity index (χ1v) is 14.9. The van der Waals surface area contributed by atoms with Crippen molar-refractivity contribution in [1.82, 2.24) is 15.0 Å². The molecule has 3 aromatic carbocycles. The van der Waals surface area contributed by atoms with E-state index in [1.54, 1.807) is 72.9 Å². The first-order chi connectivity index (χ1) is 26.1. The second-order valence-corrected chi connectivity index (χ2v) is 11.8. The van der Waals surface area contributed by atoms with E-state index in [9.17, 15) is 0 Å². The average molecular weight is 804 g/mol. The number of nitrogens with zero attached hydrogens (tertiary/aromatic N) is 3. The molecule has 0 saturated heterocycles. The normalized spacial score (nSPS) is 15.5. The van der Waals surface area contributed by atoms with Crippen LogP contribution >= 0.6 is 0 Å². The third kappa shape index (κ3) is 8.68. The van der Waals surface area contributed by atoms with Crippen LogP contribution in [0.3, 0.4) is 0 Å².